The van der Waals surface area contributed by atoms with E-state index in [1.807, 2.05) is 71.9 Å². The zero-order valence-corrected chi connectivity index (χ0v) is 25.4. The number of carbonyl (C=O) groups excluding carboxylic acids is 2. The van der Waals surface area contributed by atoms with E-state index in [0.29, 0.717) is 5.69 Å². The van der Waals surface area contributed by atoms with Gasteiger partial charge >= 0.3 is 0 Å². The lowest BCUT2D eigenvalue weighted by Crippen LogP contribution is -2.52. The van der Waals surface area contributed by atoms with Crippen LogP contribution in [0.4, 0.5) is 5.69 Å². The average molecular weight is 564 g/mol. The van der Waals surface area contributed by atoms with Crippen LogP contribution in [0, 0.1) is 27.7 Å². The molecule has 2 atom stereocenters. The molecule has 0 aliphatic heterocycles. The van der Waals surface area contributed by atoms with Crippen molar-refractivity contribution in [2.45, 2.75) is 78.4 Å². The molecule has 3 aromatic rings. The molecule has 214 valence electrons. The Morgan fingerprint density at radius 3 is 2.02 bits per heavy atom. The zero-order valence-electron chi connectivity index (χ0n) is 24.6. The largest absolute Gasteiger partial charge is 0.352 e. The Morgan fingerprint density at radius 2 is 1.45 bits per heavy atom. The Kier molecular flexibility index (Phi) is 10.1. The van der Waals surface area contributed by atoms with E-state index in [9.17, 15) is 18.0 Å². The van der Waals surface area contributed by atoms with Gasteiger partial charge in [0.1, 0.15) is 12.6 Å². The van der Waals surface area contributed by atoms with Crippen molar-refractivity contribution < 1.29 is 18.0 Å². The second kappa shape index (κ2) is 13.1. The number of carbonyl (C=O) groups is 2. The molecule has 0 saturated heterocycles. The number of anilines is 1. The van der Waals surface area contributed by atoms with Crippen LogP contribution in [0.5, 0.6) is 0 Å². The number of benzene rings is 3. The van der Waals surface area contributed by atoms with Crippen LogP contribution in [0.2, 0.25) is 0 Å². The van der Waals surface area contributed by atoms with Crippen LogP contribution in [0.25, 0.3) is 0 Å². The SMILES string of the molecule is CC[C@H](C)NC(=O)[C@@H](C)N(Cc1cccc(C)c1)C(=O)CN(c1cc(C)cc(C)c1)S(=O)(=O)c1ccc(C)cc1. The predicted molar refractivity (Wildman–Crippen MR) is 161 cm³/mol. The molecule has 0 fully saturated rings. The number of hydrogen-bond donors (Lipinski definition) is 1. The van der Waals surface area contributed by atoms with E-state index in [4.69, 9.17) is 0 Å². The third-order valence-corrected chi connectivity index (χ3v) is 8.77. The van der Waals surface area contributed by atoms with Crippen LogP contribution < -0.4 is 9.62 Å². The molecule has 0 radical (unpaired) electrons. The molecule has 1 N–H and O–H groups in total. The molecule has 2 amide bonds. The first-order valence-corrected chi connectivity index (χ1v) is 15.1. The van der Waals surface area contributed by atoms with Crippen molar-refractivity contribution in [2.24, 2.45) is 0 Å². The first-order chi connectivity index (χ1) is 18.8. The van der Waals surface area contributed by atoms with E-state index in [1.54, 1.807) is 43.3 Å². The van der Waals surface area contributed by atoms with Gasteiger partial charge in [-0.3, -0.25) is 13.9 Å². The van der Waals surface area contributed by atoms with Crippen molar-refractivity contribution in [3.63, 3.8) is 0 Å². The smallest absolute Gasteiger partial charge is 0.264 e. The third kappa shape index (κ3) is 7.72. The van der Waals surface area contributed by atoms with E-state index in [0.717, 1.165) is 38.5 Å². The minimum absolute atomic E-state index is 0.0560. The Balaban J connectivity index is 2.06. The van der Waals surface area contributed by atoms with Gasteiger partial charge in [0.2, 0.25) is 11.8 Å². The van der Waals surface area contributed by atoms with Gasteiger partial charge in [0, 0.05) is 12.6 Å². The summed E-state index contributed by atoms with van der Waals surface area (Å²) >= 11 is 0. The van der Waals surface area contributed by atoms with Gasteiger partial charge in [-0.05, 0) is 88.9 Å². The van der Waals surface area contributed by atoms with Crippen LogP contribution in [0.1, 0.15) is 55.0 Å². The summed E-state index contributed by atoms with van der Waals surface area (Å²) in [6.07, 6.45) is 0.750. The number of nitrogens with zero attached hydrogens (tertiary/aromatic N) is 2. The van der Waals surface area contributed by atoms with Crippen molar-refractivity contribution in [1.29, 1.82) is 0 Å². The molecule has 3 aromatic carbocycles. The molecular weight excluding hydrogens is 522 g/mol. The molecule has 8 heteroatoms. The topological polar surface area (TPSA) is 86.8 Å². The van der Waals surface area contributed by atoms with Crippen molar-refractivity contribution in [2.75, 3.05) is 10.8 Å². The normalized spacial score (nSPS) is 12.9. The molecule has 7 nitrogen and oxygen atoms in total. The van der Waals surface area contributed by atoms with Crippen LogP contribution in [-0.2, 0) is 26.2 Å². The van der Waals surface area contributed by atoms with E-state index in [2.05, 4.69) is 5.32 Å². The van der Waals surface area contributed by atoms with E-state index < -0.39 is 28.5 Å². The third-order valence-electron chi connectivity index (χ3n) is 6.99. The maximum Gasteiger partial charge on any atom is 0.264 e. The quantitative estimate of drug-likeness (QED) is 0.336. The number of aryl methyl sites for hydroxylation is 4. The summed E-state index contributed by atoms with van der Waals surface area (Å²) in [6, 6.07) is 18.9. The number of amides is 2. The predicted octanol–water partition coefficient (Wildman–Crippen LogP) is 5.45. The summed E-state index contributed by atoms with van der Waals surface area (Å²) in [7, 11) is -4.10. The maximum absolute atomic E-state index is 14.1. The lowest BCUT2D eigenvalue weighted by molar-refractivity contribution is -0.139. The first kappa shape index (κ1) is 30.9. The molecule has 0 saturated carbocycles. The summed E-state index contributed by atoms with van der Waals surface area (Å²) in [5.74, 6) is -0.752. The van der Waals surface area contributed by atoms with Gasteiger partial charge in [-0.2, -0.15) is 0 Å². The fourth-order valence-corrected chi connectivity index (χ4v) is 5.91. The Morgan fingerprint density at radius 1 is 0.825 bits per heavy atom. The van der Waals surface area contributed by atoms with Gasteiger partial charge in [-0.25, -0.2) is 8.42 Å². The van der Waals surface area contributed by atoms with Crippen molar-refractivity contribution >= 4 is 27.5 Å². The molecule has 0 unspecified atom stereocenters. The van der Waals surface area contributed by atoms with Crippen LogP contribution >= 0.6 is 0 Å². The van der Waals surface area contributed by atoms with Crippen molar-refractivity contribution in [1.82, 2.24) is 10.2 Å². The molecule has 0 spiro atoms. The Hall–Kier alpha value is -3.65. The van der Waals surface area contributed by atoms with Crippen LogP contribution in [-0.4, -0.2) is 43.8 Å². The number of nitrogens with one attached hydrogen (secondary N) is 1. The van der Waals surface area contributed by atoms with Crippen molar-refractivity contribution in [3.8, 4) is 0 Å². The molecule has 3 rings (SSSR count). The zero-order chi connectivity index (χ0) is 29.6. The summed E-state index contributed by atoms with van der Waals surface area (Å²) < 4.78 is 29.1. The van der Waals surface area contributed by atoms with Crippen LogP contribution in [0.3, 0.4) is 0 Å². The Bertz CT molecular complexity index is 1430. The van der Waals surface area contributed by atoms with E-state index >= 15 is 0 Å². The summed E-state index contributed by atoms with van der Waals surface area (Å²) in [4.78, 5) is 28.8. The summed E-state index contributed by atoms with van der Waals surface area (Å²) in [5, 5.41) is 2.96. The highest BCUT2D eigenvalue weighted by atomic mass is 32.2. The Labute approximate surface area is 239 Å². The molecule has 0 aliphatic rings. The van der Waals surface area contributed by atoms with Gasteiger partial charge in [0.25, 0.3) is 10.0 Å². The standard InChI is InChI=1S/C32H41N3O4S/c1-8-26(6)33-32(37)27(7)34(20-28-11-9-10-23(3)17-28)31(36)21-35(29-18-24(4)16-25(5)19-29)40(38,39)30-14-12-22(2)13-15-30/h9-19,26-27H,8,20-21H2,1-7H3,(H,33,37)/t26-,27+/m0/s1. The molecule has 0 bridgehead atoms. The molecule has 40 heavy (non-hydrogen) atoms. The molecule has 0 heterocycles. The number of sulfonamides is 1. The summed E-state index contributed by atoms with van der Waals surface area (Å²) in [6.45, 7) is 12.9. The second-order valence-electron chi connectivity index (χ2n) is 10.7. The monoisotopic (exact) mass is 563 g/mol. The molecule has 0 aromatic heterocycles. The van der Waals surface area contributed by atoms with Gasteiger partial charge in [-0.1, -0.05) is 60.5 Å². The number of hydrogen-bond acceptors (Lipinski definition) is 4. The lowest BCUT2D eigenvalue weighted by Gasteiger charge is -2.32. The molecule has 0 aliphatic carbocycles. The minimum Gasteiger partial charge on any atom is -0.352 e. The van der Waals surface area contributed by atoms with Gasteiger partial charge in [0.15, 0.2) is 0 Å². The maximum atomic E-state index is 14.1. The fourth-order valence-electron chi connectivity index (χ4n) is 4.52. The van der Waals surface area contributed by atoms with E-state index in [1.165, 1.54) is 4.90 Å². The van der Waals surface area contributed by atoms with Crippen molar-refractivity contribution in [3.05, 3.63) is 94.5 Å². The first-order valence-electron chi connectivity index (χ1n) is 13.6. The van der Waals surface area contributed by atoms with E-state index in [-0.39, 0.29) is 23.4 Å². The van der Waals surface area contributed by atoms with Gasteiger partial charge in [-0.15, -0.1) is 0 Å². The number of rotatable bonds is 11. The fraction of sp³-hybridized carbons (Fsp3) is 0.375. The average Bonchev–Trinajstić information content (AvgIpc) is 2.89. The molecular formula is C32H41N3O4S. The van der Waals surface area contributed by atoms with Gasteiger partial charge < -0.3 is 10.2 Å². The highest BCUT2D eigenvalue weighted by molar-refractivity contribution is 7.92. The highest BCUT2D eigenvalue weighted by Crippen LogP contribution is 2.27. The van der Waals surface area contributed by atoms with Gasteiger partial charge in [0.05, 0.1) is 10.6 Å². The highest BCUT2D eigenvalue weighted by Gasteiger charge is 2.33. The minimum atomic E-state index is -4.10. The van der Waals surface area contributed by atoms with Crippen LogP contribution in [0.15, 0.2) is 71.6 Å². The summed E-state index contributed by atoms with van der Waals surface area (Å²) in [5.41, 5.74) is 4.97. The lowest BCUT2D eigenvalue weighted by atomic mass is 10.1. The second-order valence-corrected chi connectivity index (χ2v) is 12.5.